The fourth-order valence-electron chi connectivity index (χ4n) is 2.51. The largest absolute Gasteiger partial charge is 0.465 e. The van der Waals surface area contributed by atoms with Gasteiger partial charge >= 0.3 is 5.97 Å². The number of anilines is 2. The minimum absolute atomic E-state index is 0.0345. The maximum Gasteiger partial charge on any atom is 0.341 e. The fourth-order valence-corrected chi connectivity index (χ4v) is 4.01. The van der Waals surface area contributed by atoms with Gasteiger partial charge in [0.2, 0.25) is 0 Å². The zero-order valence-electron chi connectivity index (χ0n) is 16.5. The number of amides is 1. The molecule has 0 aliphatic carbocycles. The molecule has 0 saturated heterocycles. The highest BCUT2D eigenvalue weighted by atomic mass is 32.1. The predicted molar refractivity (Wildman–Crippen MR) is 116 cm³/mol. The number of methoxy groups -OCH3 is 1. The third kappa shape index (κ3) is 4.87. The van der Waals surface area contributed by atoms with Crippen LogP contribution in [0.4, 0.5) is 16.4 Å². The van der Waals surface area contributed by atoms with E-state index >= 15 is 0 Å². The van der Waals surface area contributed by atoms with E-state index in [1.54, 1.807) is 40.1 Å². The summed E-state index contributed by atoms with van der Waals surface area (Å²) in [5.74, 6) is -0.887. The molecule has 0 saturated carbocycles. The number of carbonyl (C=O) groups excluding carboxylic acids is 2. The number of rotatable bonds is 5. The monoisotopic (exact) mass is 436 g/mol. The summed E-state index contributed by atoms with van der Waals surface area (Å²) in [6, 6.07) is 4.68. The second kappa shape index (κ2) is 8.97. The molecule has 29 heavy (non-hydrogen) atoms. The molecule has 0 unspecified atom stereocenters. The van der Waals surface area contributed by atoms with Gasteiger partial charge in [0.1, 0.15) is 10.7 Å². The van der Waals surface area contributed by atoms with Crippen LogP contribution in [0.25, 0.3) is 0 Å². The molecule has 0 spiro atoms. The number of nitro benzene ring substituents is 1. The van der Waals surface area contributed by atoms with E-state index in [0.29, 0.717) is 15.4 Å². The quantitative estimate of drug-likeness (QED) is 0.316. The molecular formula is C18H20N4O5S2. The van der Waals surface area contributed by atoms with Crippen molar-refractivity contribution in [2.24, 2.45) is 0 Å². The van der Waals surface area contributed by atoms with Crippen molar-refractivity contribution in [3.8, 4) is 0 Å². The Morgan fingerprint density at radius 3 is 2.45 bits per heavy atom. The number of aryl methyl sites for hydroxylation is 1. The van der Waals surface area contributed by atoms with Crippen LogP contribution in [0, 0.1) is 24.0 Å². The zero-order valence-corrected chi connectivity index (χ0v) is 18.1. The number of thiophene rings is 1. The molecule has 154 valence electrons. The highest BCUT2D eigenvalue weighted by molar-refractivity contribution is 7.80. The van der Waals surface area contributed by atoms with Crippen molar-refractivity contribution in [3.63, 3.8) is 0 Å². The molecule has 1 amide bonds. The Balaban J connectivity index is 2.37. The van der Waals surface area contributed by atoms with Crippen molar-refractivity contribution in [1.29, 1.82) is 0 Å². The summed E-state index contributed by atoms with van der Waals surface area (Å²) in [7, 11) is 4.45. The van der Waals surface area contributed by atoms with Crippen LogP contribution in [0.3, 0.4) is 0 Å². The first-order valence-electron chi connectivity index (χ1n) is 8.33. The first-order chi connectivity index (χ1) is 13.6. The average molecular weight is 437 g/mol. The predicted octanol–water partition coefficient (Wildman–Crippen LogP) is 3.57. The summed E-state index contributed by atoms with van der Waals surface area (Å²) in [5, 5.41) is 17.3. The van der Waals surface area contributed by atoms with Crippen LogP contribution in [0.5, 0.6) is 0 Å². The molecule has 1 aromatic heterocycles. The van der Waals surface area contributed by atoms with Gasteiger partial charge in [-0.15, -0.1) is 11.3 Å². The summed E-state index contributed by atoms with van der Waals surface area (Å²) < 4.78 is 4.82. The number of hydrogen-bond acceptors (Lipinski definition) is 7. The highest BCUT2D eigenvalue weighted by Gasteiger charge is 2.27. The standard InChI is InChI=1S/C18H20N4O5S2/c1-9-6-7-11(12(8-9)22(25)26)19-18(28)20-15-13(17(24)27-5)10(2)14(29-15)16(23)21(3)4/h6-8H,1-5H3,(H2,19,20,28). The van der Waals surface area contributed by atoms with Gasteiger partial charge in [0.05, 0.1) is 22.5 Å². The molecule has 2 N–H and O–H groups in total. The molecule has 0 aliphatic heterocycles. The number of nitro groups is 1. The molecule has 0 bridgehead atoms. The summed E-state index contributed by atoms with van der Waals surface area (Å²) in [6.07, 6.45) is 0. The molecule has 0 atom stereocenters. The molecule has 0 radical (unpaired) electrons. The molecule has 9 nitrogen and oxygen atoms in total. The SMILES string of the molecule is COC(=O)c1c(NC(=S)Nc2ccc(C)cc2[N+](=O)[O-])sc(C(=O)N(C)C)c1C. The van der Waals surface area contributed by atoms with E-state index in [4.69, 9.17) is 17.0 Å². The fraction of sp³-hybridized carbons (Fsp3) is 0.278. The molecular weight excluding hydrogens is 416 g/mol. The lowest BCUT2D eigenvalue weighted by molar-refractivity contribution is -0.383. The molecule has 1 heterocycles. The molecule has 0 aliphatic rings. The summed E-state index contributed by atoms with van der Waals surface area (Å²) in [4.78, 5) is 37.2. The molecule has 1 aromatic carbocycles. The topological polar surface area (TPSA) is 114 Å². The number of carbonyl (C=O) groups is 2. The minimum atomic E-state index is -0.622. The van der Waals surface area contributed by atoms with Gasteiger partial charge in [-0.05, 0) is 43.3 Å². The van der Waals surface area contributed by atoms with Gasteiger partial charge < -0.3 is 20.3 Å². The van der Waals surface area contributed by atoms with Gasteiger partial charge in [-0.3, -0.25) is 14.9 Å². The Labute approximate surface area is 176 Å². The van der Waals surface area contributed by atoms with E-state index in [9.17, 15) is 19.7 Å². The number of nitrogens with one attached hydrogen (secondary N) is 2. The van der Waals surface area contributed by atoms with Gasteiger partial charge in [-0.2, -0.15) is 0 Å². The van der Waals surface area contributed by atoms with Crippen LogP contribution in [-0.2, 0) is 4.74 Å². The number of benzene rings is 1. The minimum Gasteiger partial charge on any atom is -0.465 e. The van der Waals surface area contributed by atoms with Crippen molar-refractivity contribution >= 4 is 56.9 Å². The molecule has 11 heteroatoms. The summed E-state index contributed by atoms with van der Waals surface area (Å²) in [6.45, 7) is 3.39. The van der Waals surface area contributed by atoms with E-state index in [1.165, 1.54) is 18.1 Å². The van der Waals surface area contributed by atoms with Crippen molar-refractivity contribution < 1.29 is 19.2 Å². The average Bonchev–Trinajstić information content (AvgIpc) is 2.97. The summed E-state index contributed by atoms with van der Waals surface area (Å²) >= 11 is 6.32. The van der Waals surface area contributed by atoms with Crippen molar-refractivity contribution in [2.75, 3.05) is 31.8 Å². The molecule has 0 fully saturated rings. The van der Waals surface area contributed by atoms with Gasteiger partial charge in [-0.25, -0.2) is 4.79 Å². The van der Waals surface area contributed by atoms with Gasteiger partial charge in [0.25, 0.3) is 11.6 Å². The highest BCUT2D eigenvalue weighted by Crippen LogP contribution is 2.34. The van der Waals surface area contributed by atoms with Gasteiger partial charge in [-0.1, -0.05) is 6.07 Å². The first kappa shape index (κ1) is 22.2. The Bertz CT molecular complexity index is 1000. The lowest BCUT2D eigenvalue weighted by Crippen LogP contribution is -2.21. The van der Waals surface area contributed by atoms with Crippen LogP contribution in [0.2, 0.25) is 0 Å². The number of esters is 1. The Morgan fingerprint density at radius 1 is 1.24 bits per heavy atom. The van der Waals surface area contributed by atoms with E-state index in [-0.39, 0.29) is 28.0 Å². The van der Waals surface area contributed by atoms with E-state index in [0.717, 1.165) is 16.9 Å². The Kier molecular flexibility index (Phi) is 6.88. The van der Waals surface area contributed by atoms with Crippen LogP contribution < -0.4 is 10.6 Å². The first-order valence-corrected chi connectivity index (χ1v) is 9.55. The number of ether oxygens (including phenoxy) is 1. The second-order valence-corrected chi connectivity index (χ2v) is 7.74. The molecule has 2 rings (SSSR count). The number of nitrogens with zero attached hydrogens (tertiary/aromatic N) is 2. The lowest BCUT2D eigenvalue weighted by atomic mass is 10.1. The third-order valence-corrected chi connectivity index (χ3v) is 5.36. The maximum atomic E-state index is 12.4. The van der Waals surface area contributed by atoms with Crippen LogP contribution in [-0.4, -0.2) is 48.0 Å². The van der Waals surface area contributed by atoms with Crippen molar-refractivity contribution in [1.82, 2.24) is 4.90 Å². The van der Waals surface area contributed by atoms with Gasteiger partial charge in [0.15, 0.2) is 5.11 Å². The third-order valence-electron chi connectivity index (χ3n) is 3.96. The Hall–Kier alpha value is -3.05. The van der Waals surface area contributed by atoms with Crippen molar-refractivity contribution in [3.05, 3.63) is 49.9 Å². The van der Waals surface area contributed by atoms with Crippen LogP contribution >= 0.6 is 23.6 Å². The lowest BCUT2D eigenvalue weighted by Gasteiger charge is -2.11. The Morgan fingerprint density at radius 2 is 1.90 bits per heavy atom. The second-order valence-electron chi connectivity index (χ2n) is 6.31. The molecule has 2 aromatic rings. The zero-order chi connectivity index (χ0) is 21.9. The number of thiocarbonyl (C=S) groups is 1. The normalized spacial score (nSPS) is 10.2. The van der Waals surface area contributed by atoms with Crippen LogP contribution in [0.15, 0.2) is 18.2 Å². The smallest absolute Gasteiger partial charge is 0.341 e. The van der Waals surface area contributed by atoms with Crippen LogP contribution in [0.1, 0.15) is 31.2 Å². The van der Waals surface area contributed by atoms with Gasteiger partial charge in [0, 0.05) is 20.2 Å². The van der Waals surface area contributed by atoms with E-state index < -0.39 is 10.9 Å². The number of hydrogen-bond donors (Lipinski definition) is 2. The van der Waals surface area contributed by atoms with E-state index in [1.807, 2.05) is 0 Å². The maximum absolute atomic E-state index is 12.4. The van der Waals surface area contributed by atoms with E-state index in [2.05, 4.69) is 10.6 Å². The summed E-state index contributed by atoms with van der Waals surface area (Å²) in [5.41, 5.74) is 1.45. The van der Waals surface area contributed by atoms with Crippen molar-refractivity contribution in [2.45, 2.75) is 13.8 Å².